The largest absolute Gasteiger partial charge is 0.311 e. The zero-order valence-electron chi connectivity index (χ0n) is 27.7. The molecule has 0 spiro atoms. The summed E-state index contributed by atoms with van der Waals surface area (Å²) >= 11 is 0. The van der Waals surface area contributed by atoms with Crippen molar-refractivity contribution in [1.82, 2.24) is 9.13 Å². The van der Waals surface area contributed by atoms with E-state index in [1.165, 1.54) is 105 Å². The highest BCUT2D eigenvalue weighted by Crippen LogP contribution is 2.45. The van der Waals surface area contributed by atoms with Crippen LogP contribution in [0.15, 0.2) is 140 Å². The first kappa shape index (κ1) is 27.0. The number of anilines is 3. The molecular weight excluding hydrogens is 593 g/mol. The predicted octanol–water partition coefficient (Wildman–Crippen LogP) is 9.42. The van der Waals surface area contributed by atoms with Gasteiger partial charge < -0.3 is 14.0 Å². The van der Waals surface area contributed by atoms with Gasteiger partial charge in [0.05, 0.1) is 27.8 Å². The lowest BCUT2D eigenvalue weighted by atomic mass is 9.33. The van der Waals surface area contributed by atoms with E-state index in [0.717, 1.165) is 0 Å². The maximum absolute atomic E-state index is 2.57. The van der Waals surface area contributed by atoms with Crippen LogP contribution >= 0.6 is 0 Å². The first-order valence-corrected chi connectivity index (χ1v) is 17.2. The molecule has 0 amide bonds. The Morgan fingerprint density at radius 3 is 1.90 bits per heavy atom. The standard InChI is InChI=1S/C45H32BN3/c1-27-24-28(2)43(29(3)25-27)49-36-19-10-7-16-31(36)33-26-35-45-41(44(33)49)32-17-8-11-20-37(32)48(45)40-23-13-22-39-42(40)46(35)34-18-9-12-21-38(34)47(39)30-14-5-4-6-15-30/h4-26H,1-3H3. The van der Waals surface area contributed by atoms with E-state index < -0.39 is 0 Å². The van der Waals surface area contributed by atoms with Crippen LogP contribution in [0.5, 0.6) is 0 Å². The first-order valence-electron chi connectivity index (χ1n) is 17.2. The second kappa shape index (κ2) is 9.55. The van der Waals surface area contributed by atoms with Crippen molar-refractivity contribution < 1.29 is 0 Å². The molecule has 2 aliphatic heterocycles. The zero-order valence-corrected chi connectivity index (χ0v) is 27.7. The van der Waals surface area contributed by atoms with Crippen molar-refractivity contribution >= 4 is 83.8 Å². The lowest BCUT2D eigenvalue weighted by Crippen LogP contribution is -2.60. The molecule has 0 saturated carbocycles. The van der Waals surface area contributed by atoms with E-state index in [4.69, 9.17) is 0 Å². The smallest absolute Gasteiger partial charge is 0.252 e. The van der Waals surface area contributed by atoms with Gasteiger partial charge in [0, 0.05) is 44.3 Å². The molecule has 0 aliphatic carbocycles. The molecule has 49 heavy (non-hydrogen) atoms. The van der Waals surface area contributed by atoms with Gasteiger partial charge in [-0.25, -0.2) is 0 Å². The van der Waals surface area contributed by atoms with Gasteiger partial charge in [-0.3, -0.25) is 0 Å². The van der Waals surface area contributed by atoms with Gasteiger partial charge in [0.2, 0.25) is 0 Å². The minimum atomic E-state index is 0.0935. The molecule has 9 aromatic rings. The zero-order chi connectivity index (χ0) is 32.5. The Bertz CT molecular complexity index is 2850. The van der Waals surface area contributed by atoms with Crippen molar-refractivity contribution in [2.24, 2.45) is 0 Å². The molecule has 230 valence electrons. The van der Waals surface area contributed by atoms with Crippen molar-refractivity contribution in [1.29, 1.82) is 0 Å². The molecule has 0 saturated heterocycles. The van der Waals surface area contributed by atoms with Crippen molar-refractivity contribution in [3.63, 3.8) is 0 Å². The summed E-state index contributed by atoms with van der Waals surface area (Å²) in [4.78, 5) is 2.46. The predicted molar refractivity (Wildman–Crippen MR) is 209 cm³/mol. The SMILES string of the molecule is Cc1cc(C)c(-n2c3ccccc3c3cc4c5c(c6ccccc6n5-c5cccc6c5B4c4ccccc4N6c4ccccc4)c32)c(C)c1. The summed E-state index contributed by atoms with van der Waals surface area (Å²) in [6.07, 6.45) is 0. The minimum absolute atomic E-state index is 0.0935. The Labute approximate surface area is 285 Å². The highest BCUT2D eigenvalue weighted by molar-refractivity contribution is 7.00. The average Bonchev–Trinajstić information content (AvgIpc) is 3.64. The molecule has 3 nitrogen and oxygen atoms in total. The number of benzene rings is 7. The molecule has 0 bridgehead atoms. The van der Waals surface area contributed by atoms with Gasteiger partial charge >= 0.3 is 0 Å². The molecule has 2 aromatic heterocycles. The van der Waals surface area contributed by atoms with Crippen LogP contribution in [0.4, 0.5) is 17.1 Å². The number of fused-ring (bicyclic) bond motifs is 11. The number of nitrogens with zero attached hydrogens (tertiary/aromatic N) is 3. The van der Waals surface area contributed by atoms with Crippen LogP contribution in [0.25, 0.3) is 55.0 Å². The van der Waals surface area contributed by atoms with Gasteiger partial charge in [-0.1, -0.05) is 103 Å². The molecule has 11 rings (SSSR count). The number of para-hydroxylation sites is 4. The quantitative estimate of drug-likeness (QED) is 0.175. The second-order valence-electron chi connectivity index (χ2n) is 13.9. The van der Waals surface area contributed by atoms with Crippen molar-refractivity contribution in [2.45, 2.75) is 20.8 Å². The summed E-state index contributed by atoms with van der Waals surface area (Å²) < 4.78 is 5.14. The van der Waals surface area contributed by atoms with Crippen molar-refractivity contribution in [2.75, 3.05) is 4.90 Å². The number of aromatic nitrogens is 2. The van der Waals surface area contributed by atoms with Gasteiger partial charge in [0.25, 0.3) is 6.71 Å². The Balaban J connectivity index is 1.38. The fourth-order valence-electron chi connectivity index (χ4n) is 9.49. The van der Waals surface area contributed by atoms with Gasteiger partial charge in [-0.2, -0.15) is 0 Å². The van der Waals surface area contributed by atoms with E-state index in [1.807, 2.05) is 0 Å². The van der Waals surface area contributed by atoms with Gasteiger partial charge in [0.15, 0.2) is 0 Å². The van der Waals surface area contributed by atoms with Crippen LogP contribution in [-0.2, 0) is 0 Å². The topological polar surface area (TPSA) is 13.1 Å². The number of hydrogen-bond acceptors (Lipinski definition) is 1. The fraction of sp³-hybridized carbons (Fsp3) is 0.0667. The normalized spacial score (nSPS) is 13.1. The van der Waals surface area contributed by atoms with Crippen molar-refractivity contribution in [3.8, 4) is 11.4 Å². The second-order valence-corrected chi connectivity index (χ2v) is 13.9. The molecule has 0 atom stereocenters. The molecule has 0 unspecified atom stereocenters. The summed E-state index contributed by atoms with van der Waals surface area (Å²) in [6.45, 7) is 6.83. The lowest BCUT2D eigenvalue weighted by molar-refractivity contribution is 1.12. The van der Waals surface area contributed by atoms with Crippen LogP contribution in [0.1, 0.15) is 16.7 Å². The summed E-state index contributed by atoms with van der Waals surface area (Å²) in [5.41, 5.74) is 19.3. The third kappa shape index (κ3) is 3.38. The summed E-state index contributed by atoms with van der Waals surface area (Å²) in [5.74, 6) is 0. The van der Waals surface area contributed by atoms with E-state index in [2.05, 4.69) is 174 Å². The monoisotopic (exact) mass is 625 g/mol. The number of hydrogen-bond donors (Lipinski definition) is 0. The maximum atomic E-state index is 2.57. The molecule has 0 fully saturated rings. The first-order chi connectivity index (χ1) is 24.1. The van der Waals surface area contributed by atoms with Gasteiger partial charge in [-0.15, -0.1) is 0 Å². The van der Waals surface area contributed by atoms with Crippen LogP contribution in [0.2, 0.25) is 0 Å². The molecule has 2 aliphatic rings. The fourth-order valence-corrected chi connectivity index (χ4v) is 9.49. The molecule has 0 radical (unpaired) electrons. The van der Waals surface area contributed by atoms with E-state index in [0.29, 0.717) is 0 Å². The van der Waals surface area contributed by atoms with Crippen LogP contribution in [0, 0.1) is 20.8 Å². The van der Waals surface area contributed by atoms with Gasteiger partial charge in [-0.05, 0) is 90.8 Å². The van der Waals surface area contributed by atoms with Crippen LogP contribution in [0.3, 0.4) is 0 Å². The summed E-state index contributed by atoms with van der Waals surface area (Å²) in [6, 6.07) is 52.0. The molecule has 0 N–H and O–H groups in total. The maximum Gasteiger partial charge on any atom is 0.252 e. The third-order valence-corrected chi connectivity index (χ3v) is 11.1. The molecular formula is C45H32BN3. The van der Waals surface area contributed by atoms with Crippen LogP contribution in [-0.4, -0.2) is 15.8 Å². The summed E-state index contributed by atoms with van der Waals surface area (Å²) in [5, 5.41) is 5.23. The third-order valence-electron chi connectivity index (χ3n) is 11.1. The van der Waals surface area contributed by atoms with E-state index >= 15 is 0 Å². The molecule has 4 heterocycles. The van der Waals surface area contributed by atoms with Crippen molar-refractivity contribution in [3.05, 3.63) is 156 Å². The minimum Gasteiger partial charge on any atom is -0.311 e. The van der Waals surface area contributed by atoms with Crippen LogP contribution < -0.4 is 21.3 Å². The Hall–Kier alpha value is -6.00. The molecule has 4 heteroatoms. The van der Waals surface area contributed by atoms with E-state index in [-0.39, 0.29) is 6.71 Å². The van der Waals surface area contributed by atoms with E-state index in [1.54, 1.807) is 0 Å². The number of aryl methyl sites for hydroxylation is 3. The number of rotatable bonds is 2. The Kier molecular flexibility index (Phi) is 5.26. The highest BCUT2D eigenvalue weighted by Gasteiger charge is 2.42. The Morgan fingerprint density at radius 2 is 1.10 bits per heavy atom. The Morgan fingerprint density at radius 1 is 0.469 bits per heavy atom. The van der Waals surface area contributed by atoms with Gasteiger partial charge in [0.1, 0.15) is 0 Å². The van der Waals surface area contributed by atoms with E-state index in [9.17, 15) is 0 Å². The summed E-state index contributed by atoms with van der Waals surface area (Å²) in [7, 11) is 0. The highest BCUT2D eigenvalue weighted by atomic mass is 15.2. The molecule has 7 aromatic carbocycles. The average molecular weight is 626 g/mol. The lowest BCUT2D eigenvalue weighted by Gasteiger charge is -2.40.